The van der Waals surface area contributed by atoms with E-state index in [1.807, 2.05) is 0 Å². The fourth-order valence-electron chi connectivity index (χ4n) is 1.92. The van der Waals surface area contributed by atoms with E-state index in [1.54, 1.807) is 24.5 Å². The second-order valence-electron chi connectivity index (χ2n) is 5.03. The summed E-state index contributed by atoms with van der Waals surface area (Å²) in [4.78, 5) is 5.05. The van der Waals surface area contributed by atoms with E-state index in [2.05, 4.69) is 39.4 Å². The van der Waals surface area contributed by atoms with Gasteiger partial charge in [0.05, 0.1) is 6.54 Å². The number of thiophene rings is 2. The Bertz CT molecular complexity index is 751. The number of hydrogen-bond acceptors (Lipinski definition) is 5. The van der Waals surface area contributed by atoms with Crippen LogP contribution in [0.25, 0.3) is 0 Å². The van der Waals surface area contributed by atoms with Crippen molar-refractivity contribution in [2.45, 2.75) is 23.6 Å². The molecule has 0 aliphatic rings. The van der Waals surface area contributed by atoms with E-state index < -0.39 is 10.0 Å². The molecule has 23 heavy (non-hydrogen) atoms. The Morgan fingerprint density at radius 2 is 2.13 bits per heavy atom. The Kier molecular flexibility index (Phi) is 6.17. The second-order valence-corrected chi connectivity index (χ2v) is 8.77. The zero-order valence-corrected chi connectivity index (χ0v) is 15.4. The van der Waals surface area contributed by atoms with Crippen LogP contribution >= 0.6 is 22.7 Å². The van der Waals surface area contributed by atoms with E-state index in [9.17, 15) is 8.42 Å². The van der Waals surface area contributed by atoms with Crippen molar-refractivity contribution in [1.82, 2.24) is 10.6 Å². The van der Waals surface area contributed by atoms with Gasteiger partial charge in [0.1, 0.15) is 4.21 Å². The molecular weight excluding hydrogens is 352 g/mol. The van der Waals surface area contributed by atoms with E-state index in [1.165, 1.54) is 11.6 Å². The predicted octanol–water partition coefficient (Wildman–Crippen LogP) is 1.93. The second kappa shape index (κ2) is 7.91. The third-order valence-corrected chi connectivity index (χ3v) is 6.48. The number of nitrogens with zero attached hydrogens (tertiary/aromatic N) is 1. The summed E-state index contributed by atoms with van der Waals surface area (Å²) < 4.78 is 22.7. The summed E-state index contributed by atoms with van der Waals surface area (Å²) in [6, 6.07) is 5.39. The number of nitrogens with two attached hydrogens (primary N) is 1. The standard InChI is InChI=1S/C14H20N4O2S3/c1-10(11-5-6-21-9-11)7-17-14(16-2)18-8-12-3-4-13(22-12)23(15,19)20/h3-6,9-10H,7-8H2,1-2H3,(H2,15,19,20)(H2,16,17,18). The number of primary sulfonamides is 1. The van der Waals surface area contributed by atoms with Gasteiger partial charge in [-0.1, -0.05) is 6.92 Å². The lowest BCUT2D eigenvalue weighted by Gasteiger charge is -2.15. The maximum absolute atomic E-state index is 11.3. The molecule has 0 bridgehead atoms. The first-order valence-corrected chi connectivity index (χ1v) is 10.3. The van der Waals surface area contributed by atoms with Crippen LogP contribution in [-0.2, 0) is 16.6 Å². The van der Waals surface area contributed by atoms with Gasteiger partial charge >= 0.3 is 0 Å². The lowest BCUT2D eigenvalue weighted by molar-refractivity contribution is 0.600. The van der Waals surface area contributed by atoms with Crippen LogP contribution in [-0.4, -0.2) is 28.0 Å². The SMILES string of the molecule is CN=C(NCc1ccc(S(N)(=O)=O)s1)NCC(C)c1ccsc1. The molecule has 0 fully saturated rings. The van der Waals surface area contributed by atoms with Gasteiger partial charge in [0.2, 0.25) is 10.0 Å². The number of nitrogens with one attached hydrogen (secondary N) is 2. The van der Waals surface area contributed by atoms with Gasteiger partial charge < -0.3 is 10.6 Å². The summed E-state index contributed by atoms with van der Waals surface area (Å²) in [5.74, 6) is 1.06. The molecular formula is C14H20N4O2S3. The van der Waals surface area contributed by atoms with Gasteiger partial charge in [0.15, 0.2) is 5.96 Å². The van der Waals surface area contributed by atoms with Gasteiger partial charge in [-0.2, -0.15) is 11.3 Å². The van der Waals surface area contributed by atoms with Crippen LogP contribution in [0, 0.1) is 0 Å². The van der Waals surface area contributed by atoms with E-state index >= 15 is 0 Å². The molecule has 9 heteroatoms. The summed E-state index contributed by atoms with van der Waals surface area (Å²) >= 11 is 2.85. The quantitative estimate of drug-likeness (QED) is 0.533. The summed E-state index contributed by atoms with van der Waals surface area (Å²) in [7, 11) is -1.92. The van der Waals surface area contributed by atoms with Crippen molar-refractivity contribution in [3.05, 3.63) is 39.4 Å². The molecule has 0 aliphatic heterocycles. The van der Waals surface area contributed by atoms with Crippen LogP contribution in [0.5, 0.6) is 0 Å². The molecule has 2 rings (SSSR count). The number of hydrogen-bond donors (Lipinski definition) is 3. The van der Waals surface area contributed by atoms with E-state index in [-0.39, 0.29) is 4.21 Å². The molecule has 2 heterocycles. The highest BCUT2D eigenvalue weighted by Crippen LogP contribution is 2.20. The zero-order valence-electron chi connectivity index (χ0n) is 12.9. The third kappa shape index (κ3) is 5.31. The number of aliphatic imine (C=N–C) groups is 1. The zero-order chi connectivity index (χ0) is 16.9. The summed E-state index contributed by atoms with van der Waals surface area (Å²) in [6.07, 6.45) is 0. The average molecular weight is 373 g/mol. The Labute approximate surface area is 144 Å². The fraction of sp³-hybridized carbons (Fsp3) is 0.357. The summed E-state index contributed by atoms with van der Waals surface area (Å²) in [5, 5.41) is 15.8. The Balaban J connectivity index is 1.84. The van der Waals surface area contributed by atoms with Crippen molar-refractivity contribution in [1.29, 1.82) is 0 Å². The molecule has 0 saturated heterocycles. The molecule has 0 saturated carbocycles. The molecule has 0 radical (unpaired) electrons. The number of guanidine groups is 1. The topological polar surface area (TPSA) is 96.6 Å². The monoisotopic (exact) mass is 372 g/mol. The van der Waals surface area contributed by atoms with E-state index in [4.69, 9.17) is 5.14 Å². The highest BCUT2D eigenvalue weighted by atomic mass is 32.2. The van der Waals surface area contributed by atoms with Crippen molar-refractivity contribution in [3.8, 4) is 0 Å². The molecule has 0 aliphatic carbocycles. The molecule has 1 unspecified atom stereocenters. The van der Waals surface area contributed by atoms with Crippen LogP contribution in [0.3, 0.4) is 0 Å². The van der Waals surface area contributed by atoms with Gasteiger partial charge in [0.25, 0.3) is 0 Å². The van der Waals surface area contributed by atoms with Crippen LogP contribution in [0.1, 0.15) is 23.3 Å². The van der Waals surface area contributed by atoms with Crippen LogP contribution in [0.2, 0.25) is 0 Å². The lowest BCUT2D eigenvalue weighted by Crippen LogP contribution is -2.38. The smallest absolute Gasteiger partial charge is 0.247 e. The number of rotatable bonds is 6. The van der Waals surface area contributed by atoms with Crippen molar-refractivity contribution in [2.75, 3.05) is 13.6 Å². The molecule has 1 atom stereocenters. The molecule has 0 spiro atoms. The highest BCUT2D eigenvalue weighted by molar-refractivity contribution is 7.91. The van der Waals surface area contributed by atoms with Crippen molar-refractivity contribution in [3.63, 3.8) is 0 Å². The molecule has 2 aromatic heterocycles. The number of sulfonamides is 1. The van der Waals surface area contributed by atoms with Crippen LogP contribution in [0.15, 0.2) is 38.2 Å². The maximum Gasteiger partial charge on any atom is 0.247 e. The molecule has 126 valence electrons. The van der Waals surface area contributed by atoms with Gasteiger partial charge in [-0.25, -0.2) is 13.6 Å². The summed E-state index contributed by atoms with van der Waals surface area (Å²) in [5.41, 5.74) is 1.30. The predicted molar refractivity (Wildman–Crippen MR) is 96.6 cm³/mol. The molecule has 4 N–H and O–H groups in total. The minimum absolute atomic E-state index is 0.170. The lowest BCUT2D eigenvalue weighted by atomic mass is 10.1. The minimum atomic E-state index is -3.63. The Morgan fingerprint density at radius 3 is 2.70 bits per heavy atom. The van der Waals surface area contributed by atoms with Crippen molar-refractivity contribution < 1.29 is 8.42 Å². The van der Waals surface area contributed by atoms with E-state index in [0.717, 1.165) is 22.8 Å². The normalized spacial score (nSPS) is 13.8. The molecule has 0 amide bonds. The minimum Gasteiger partial charge on any atom is -0.356 e. The molecule has 6 nitrogen and oxygen atoms in total. The van der Waals surface area contributed by atoms with Gasteiger partial charge in [-0.05, 0) is 40.4 Å². The van der Waals surface area contributed by atoms with Crippen molar-refractivity contribution in [2.24, 2.45) is 10.1 Å². The third-order valence-electron chi connectivity index (χ3n) is 3.26. The van der Waals surface area contributed by atoms with Crippen LogP contribution < -0.4 is 15.8 Å². The average Bonchev–Trinajstić information content (AvgIpc) is 3.18. The largest absolute Gasteiger partial charge is 0.356 e. The maximum atomic E-state index is 11.3. The van der Waals surface area contributed by atoms with Gasteiger partial charge in [-0.3, -0.25) is 4.99 Å². The molecule has 2 aromatic rings. The highest BCUT2D eigenvalue weighted by Gasteiger charge is 2.11. The van der Waals surface area contributed by atoms with Crippen molar-refractivity contribution >= 4 is 38.7 Å². The first-order valence-electron chi connectivity index (χ1n) is 6.98. The van der Waals surface area contributed by atoms with Gasteiger partial charge in [0, 0.05) is 18.5 Å². The molecule has 0 aromatic carbocycles. The first kappa shape index (κ1) is 17.9. The van der Waals surface area contributed by atoms with Crippen LogP contribution in [0.4, 0.5) is 0 Å². The van der Waals surface area contributed by atoms with Gasteiger partial charge in [-0.15, -0.1) is 11.3 Å². The van der Waals surface area contributed by atoms with E-state index in [0.29, 0.717) is 18.4 Å². The summed E-state index contributed by atoms with van der Waals surface area (Å²) in [6.45, 7) is 3.41. The Hall–Kier alpha value is -1.42. The first-order chi connectivity index (χ1) is 10.9. The Morgan fingerprint density at radius 1 is 1.35 bits per heavy atom. The fourth-order valence-corrected chi connectivity index (χ4v) is 4.42.